The van der Waals surface area contributed by atoms with Crippen LogP contribution in [0.25, 0.3) is 0 Å². The number of ether oxygens (including phenoxy) is 2. The number of piperidine rings is 1. The highest BCUT2D eigenvalue weighted by molar-refractivity contribution is 5.38. The van der Waals surface area contributed by atoms with E-state index in [0.29, 0.717) is 25.0 Å². The first-order valence-electron chi connectivity index (χ1n) is 9.98. The van der Waals surface area contributed by atoms with Crippen LogP contribution in [0.15, 0.2) is 42.6 Å². The zero-order valence-corrected chi connectivity index (χ0v) is 16.6. The maximum Gasteiger partial charge on any atom is 0.156 e. The molecule has 2 saturated heterocycles. The molecule has 2 aromatic rings. The van der Waals surface area contributed by atoms with Gasteiger partial charge in [0.15, 0.2) is 5.60 Å². The number of aryl methyl sites for hydroxylation is 1. The molecule has 4 nitrogen and oxygen atoms in total. The molecule has 1 aromatic carbocycles. The predicted octanol–water partition coefficient (Wildman–Crippen LogP) is 3.89. The van der Waals surface area contributed by atoms with Crippen LogP contribution in [0.4, 0.5) is 0 Å². The lowest BCUT2D eigenvalue weighted by Gasteiger charge is -2.44. The Hall–Kier alpha value is -1.75. The van der Waals surface area contributed by atoms with Gasteiger partial charge in [0.1, 0.15) is 0 Å². The number of pyridine rings is 1. The highest BCUT2D eigenvalue weighted by Gasteiger charge is 2.45. The number of likely N-dealkylation sites (tertiary alicyclic amines) is 1. The summed E-state index contributed by atoms with van der Waals surface area (Å²) in [5.74, 6) is 1.10. The number of rotatable bonds is 5. The first-order chi connectivity index (χ1) is 13.1. The molecule has 1 aromatic heterocycles. The third-order valence-corrected chi connectivity index (χ3v) is 6.31. The minimum Gasteiger partial charge on any atom is -0.374 e. The van der Waals surface area contributed by atoms with Gasteiger partial charge in [-0.3, -0.25) is 9.88 Å². The summed E-state index contributed by atoms with van der Waals surface area (Å²) in [6.07, 6.45) is 3.08. The smallest absolute Gasteiger partial charge is 0.156 e. The number of aromatic nitrogens is 1. The minimum absolute atomic E-state index is 0.359. The number of benzene rings is 1. The van der Waals surface area contributed by atoms with Gasteiger partial charge in [-0.25, -0.2) is 0 Å². The normalized spacial score (nSPS) is 25.1. The van der Waals surface area contributed by atoms with Gasteiger partial charge in [-0.2, -0.15) is 0 Å². The van der Waals surface area contributed by atoms with Gasteiger partial charge >= 0.3 is 0 Å². The second-order valence-electron chi connectivity index (χ2n) is 8.17. The van der Waals surface area contributed by atoms with E-state index in [-0.39, 0.29) is 5.60 Å². The minimum atomic E-state index is -0.359. The van der Waals surface area contributed by atoms with Crippen molar-refractivity contribution in [2.45, 2.75) is 38.3 Å². The number of nitrogens with zero attached hydrogens (tertiary/aromatic N) is 2. The van der Waals surface area contributed by atoms with Crippen LogP contribution in [-0.4, -0.2) is 43.3 Å². The van der Waals surface area contributed by atoms with E-state index in [2.05, 4.69) is 55.1 Å². The molecular weight excluding hydrogens is 336 g/mol. The third-order valence-electron chi connectivity index (χ3n) is 6.31. The Morgan fingerprint density at radius 1 is 1.22 bits per heavy atom. The van der Waals surface area contributed by atoms with E-state index >= 15 is 0 Å². The Morgan fingerprint density at radius 3 is 2.63 bits per heavy atom. The topological polar surface area (TPSA) is 34.6 Å². The van der Waals surface area contributed by atoms with Crippen molar-refractivity contribution in [3.05, 3.63) is 65.0 Å². The highest BCUT2D eigenvalue weighted by Crippen LogP contribution is 2.42. The maximum atomic E-state index is 5.88. The fourth-order valence-electron chi connectivity index (χ4n) is 4.69. The molecule has 2 unspecified atom stereocenters. The summed E-state index contributed by atoms with van der Waals surface area (Å²) in [6.45, 7) is 9.08. The Bertz CT molecular complexity index is 768. The molecule has 2 aliphatic heterocycles. The summed E-state index contributed by atoms with van der Waals surface area (Å²) < 4.78 is 11.4. The van der Waals surface area contributed by atoms with Gasteiger partial charge in [-0.1, -0.05) is 37.3 Å². The fourth-order valence-corrected chi connectivity index (χ4v) is 4.69. The van der Waals surface area contributed by atoms with Crippen LogP contribution >= 0.6 is 0 Å². The second-order valence-corrected chi connectivity index (χ2v) is 8.17. The van der Waals surface area contributed by atoms with Gasteiger partial charge < -0.3 is 9.47 Å². The highest BCUT2D eigenvalue weighted by atomic mass is 16.6. The summed E-state index contributed by atoms with van der Waals surface area (Å²) in [6, 6.07) is 12.9. The van der Waals surface area contributed by atoms with Gasteiger partial charge in [0, 0.05) is 26.4 Å². The molecule has 144 valence electrons. The monoisotopic (exact) mass is 366 g/mol. The molecule has 4 rings (SSSR count). The molecule has 2 aliphatic rings. The van der Waals surface area contributed by atoms with E-state index in [4.69, 9.17) is 14.5 Å². The third kappa shape index (κ3) is 3.54. The van der Waals surface area contributed by atoms with Crippen LogP contribution in [0.1, 0.15) is 41.6 Å². The lowest BCUT2D eigenvalue weighted by atomic mass is 9.76. The zero-order valence-electron chi connectivity index (χ0n) is 16.6. The van der Waals surface area contributed by atoms with E-state index in [1.807, 2.05) is 6.20 Å². The Kier molecular flexibility index (Phi) is 5.31. The van der Waals surface area contributed by atoms with Crippen molar-refractivity contribution in [3.63, 3.8) is 0 Å². The van der Waals surface area contributed by atoms with Crippen LogP contribution in [-0.2, 0) is 21.6 Å². The first-order valence-corrected chi connectivity index (χ1v) is 9.98. The Labute approximate surface area is 162 Å². The summed E-state index contributed by atoms with van der Waals surface area (Å²) in [5, 5.41) is 0. The Morgan fingerprint density at radius 2 is 2.00 bits per heavy atom. The summed E-state index contributed by atoms with van der Waals surface area (Å²) in [4.78, 5) is 7.37. The summed E-state index contributed by atoms with van der Waals surface area (Å²) in [7, 11) is 1.78. The van der Waals surface area contributed by atoms with E-state index < -0.39 is 0 Å². The average Bonchev–Trinajstić information content (AvgIpc) is 2.63. The van der Waals surface area contributed by atoms with Crippen molar-refractivity contribution < 1.29 is 9.47 Å². The SMILES string of the molecule is COC1(c2nccc(C)c2C2CCN(Cc3ccccc3)CC2C)COC1. The molecule has 2 atom stereocenters. The van der Waals surface area contributed by atoms with Gasteiger partial charge in [-0.15, -0.1) is 0 Å². The quantitative estimate of drug-likeness (QED) is 0.804. The average molecular weight is 367 g/mol. The molecule has 0 N–H and O–H groups in total. The molecule has 3 heterocycles. The molecular formula is C23H30N2O2. The van der Waals surface area contributed by atoms with Gasteiger partial charge in [-0.05, 0) is 54.5 Å². The van der Waals surface area contributed by atoms with E-state index in [1.54, 1.807) is 7.11 Å². The van der Waals surface area contributed by atoms with Crippen molar-refractivity contribution >= 4 is 0 Å². The maximum absolute atomic E-state index is 5.88. The van der Waals surface area contributed by atoms with Gasteiger partial charge in [0.25, 0.3) is 0 Å². The van der Waals surface area contributed by atoms with E-state index in [9.17, 15) is 0 Å². The van der Waals surface area contributed by atoms with Crippen molar-refractivity contribution in [3.8, 4) is 0 Å². The molecule has 0 saturated carbocycles. The molecule has 0 spiro atoms. The molecule has 0 aliphatic carbocycles. The molecule has 27 heavy (non-hydrogen) atoms. The predicted molar refractivity (Wildman–Crippen MR) is 107 cm³/mol. The van der Waals surface area contributed by atoms with Gasteiger partial charge in [0.05, 0.1) is 18.9 Å². The van der Waals surface area contributed by atoms with Crippen molar-refractivity contribution in [2.75, 3.05) is 33.4 Å². The molecule has 0 amide bonds. The van der Waals surface area contributed by atoms with Crippen LogP contribution in [0.5, 0.6) is 0 Å². The second kappa shape index (κ2) is 7.70. The van der Waals surface area contributed by atoms with E-state index in [1.165, 1.54) is 16.7 Å². The molecule has 4 heteroatoms. The molecule has 2 fully saturated rings. The van der Waals surface area contributed by atoms with Crippen molar-refractivity contribution in [1.82, 2.24) is 9.88 Å². The first kappa shape index (κ1) is 18.6. The van der Waals surface area contributed by atoms with Crippen LogP contribution in [0.2, 0.25) is 0 Å². The summed E-state index contributed by atoms with van der Waals surface area (Å²) in [5.41, 5.74) is 4.87. The van der Waals surface area contributed by atoms with Crippen LogP contribution < -0.4 is 0 Å². The Balaban J connectivity index is 1.55. The molecule has 0 radical (unpaired) electrons. The molecule has 0 bridgehead atoms. The largest absolute Gasteiger partial charge is 0.374 e. The lowest BCUT2D eigenvalue weighted by molar-refractivity contribution is -0.205. The fraction of sp³-hybridized carbons (Fsp3) is 0.522. The lowest BCUT2D eigenvalue weighted by Crippen LogP contribution is -2.50. The number of methoxy groups -OCH3 is 1. The number of hydrogen-bond acceptors (Lipinski definition) is 4. The van der Waals surface area contributed by atoms with Crippen LogP contribution in [0.3, 0.4) is 0 Å². The van der Waals surface area contributed by atoms with E-state index in [0.717, 1.165) is 31.7 Å². The zero-order chi connectivity index (χ0) is 18.9. The standard InChI is InChI=1S/C23H30N2O2/c1-17-9-11-24-22(23(26-3)15-27-16-23)21(17)20-10-12-25(13-18(20)2)14-19-7-5-4-6-8-19/h4-9,11,18,20H,10,12-16H2,1-3H3. The van der Waals surface area contributed by atoms with Crippen LogP contribution in [0, 0.1) is 12.8 Å². The summed E-state index contributed by atoms with van der Waals surface area (Å²) >= 11 is 0. The number of hydrogen-bond donors (Lipinski definition) is 0. The van der Waals surface area contributed by atoms with Gasteiger partial charge in [0.2, 0.25) is 0 Å². The van der Waals surface area contributed by atoms with Crippen molar-refractivity contribution in [1.29, 1.82) is 0 Å². The van der Waals surface area contributed by atoms with Crippen molar-refractivity contribution in [2.24, 2.45) is 5.92 Å².